The lowest BCUT2D eigenvalue weighted by atomic mass is 10.1. The molecule has 0 aliphatic carbocycles. The van der Waals surface area contributed by atoms with Gasteiger partial charge in [0.2, 0.25) is 5.82 Å². The molecule has 0 aliphatic heterocycles. The molecule has 31 heavy (non-hydrogen) atoms. The van der Waals surface area contributed by atoms with Crippen molar-refractivity contribution in [3.63, 3.8) is 0 Å². The number of hydrogen-bond donors (Lipinski definition) is 0. The Balaban J connectivity index is 1.71. The van der Waals surface area contributed by atoms with Crippen LogP contribution < -0.4 is 10.3 Å². The van der Waals surface area contributed by atoms with Gasteiger partial charge in [0.15, 0.2) is 5.76 Å². The highest BCUT2D eigenvalue weighted by molar-refractivity contribution is 5.85. The molecule has 0 amide bonds. The van der Waals surface area contributed by atoms with Crippen LogP contribution in [0.25, 0.3) is 33.5 Å². The van der Waals surface area contributed by atoms with Crippen molar-refractivity contribution < 1.29 is 9.15 Å². The van der Waals surface area contributed by atoms with Gasteiger partial charge in [-0.3, -0.25) is 4.79 Å². The van der Waals surface area contributed by atoms with E-state index in [9.17, 15) is 4.79 Å². The van der Waals surface area contributed by atoms with E-state index in [0.29, 0.717) is 22.5 Å². The van der Waals surface area contributed by atoms with Gasteiger partial charge in [-0.15, -0.1) is 0 Å². The molecule has 152 valence electrons. The van der Waals surface area contributed by atoms with Crippen molar-refractivity contribution in [2.75, 3.05) is 7.11 Å². The van der Waals surface area contributed by atoms with Crippen LogP contribution in [0.4, 0.5) is 0 Å². The van der Waals surface area contributed by atoms with E-state index in [0.717, 1.165) is 27.8 Å². The van der Waals surface area contributed by atoms with E-state index in [4.69, 9.17) is 14.1 Å². The molecule has 2 heterocycles. The van der Waals surface area contributed by atoms with E-state index in [1.807, 2.05) is 73.7 Å². The Bertz CT molecular complexity index is 1480. The summed E-state index contributed by atoms with van der Waals surface area (Å²) in [4.78, 5) is 18.0. The number of hydrogen-bond acceptors (Lipinski definition) is 5. The van der Waals surface area contributed by atoms with E-state index >= 15 is 0 Å². The summed E-state index contributed by atoms with van der Waals surface area (Å²) in [6.07, 6.45) is 1.65. The maximum Gasteiger partial charge on any atom is 0.282 e. The monoisotopic (exact) mass is 409 g/mol. The van der Waals surface area contributed by atoms with Crippen molar-refractivity contribution in [2.24, 2.45) is 5.10 Å². The van der Waals surface area contributed by atoms with E-state index in [1.165, 1.54) is 4.68 Å². The molecule has 0 bridgehead atoms. The maximum absolute atomic E-state index is 13.3. The SMILES string of the molecule is COc1ccc(C=Nn2c(-c3cc4ccccc4o3)nc3ccccc3c2=O)c(C)c1. The second-order valence-corrected chi connectivity index (χ2v) is 7.19. The molecule has 0 radical (unpaired) electrons. The molecule has 2 aromatic heterocycles. The second kappa shape index (κ2) is 7.57. The minimum absolute atomic E-state index is 0.261. The normalized spacial score (nSPS) is 11.5. The summed E-state index contributed by atoms with van der Waals surface area (Å²) in [6, 6.07) is 22.4. The highest BCUT2D eigenvalue weighted by Gasteiger charge is 2.16. The first-order valence-corrected chi connectivity index (χ1v) is 9.84. The molecular formula is C25H19N3O3. The van der Waals surface area contributed by atoms with Gasteiger partial charge in [0.05, 0.1) is 24.2 Å². The van der Waals surface area contributed by atoms with Crippen molar-refractivity contribution in [1.82, 2.24) is 9.66 Å². The number of fused-ring (bicyclic) bond motifs is 2. The first kappa shape index (κ1) is 18.8. The number of para-hydroxylation sites is 2. The van der Waals surface area contributed by atoms with E-state index in [1.54, 1.807) is 19.4 Å². The molecular weight excluding hydrogens is 390 g/mol. The van der Waals surface area contributed by atoms with Crippen LogP contribution in [-0.4, -0.2) is 23.0 Å². The minimum Gasteiger partial charge on any atom is -0.497 e. The van der Waals surface area contributed by atoms with Crippen LogP contribution in [0.1, 0.15) is 11.1 Å². The largest absolute Gasteiger partial charge is 0.497 e. The van der Waals surface area contributed by atoms with Crippen LogP contribution in [0.5, 0.6) is 5.75 Å². The molecule has 3 aromatic carbocycles. The van der Waals surface area contributed by atoms with Gasteiger partial charge in [-0.2, -0.15) is 9.78 Å². The van der Waals surface area contributed by atoms with Crippen molar-refractivity contribution in [3.05, 3.63) is 94.3 Å². The van der Waals surface area contributed by atoms with Crippen molar-refractivity contribution in [3.8, 4) is 17.3 Å². The van der Waals surface area contributed by atoms with Crippen LogP contribution >= 0.6 is 0 Å². The third-order valence-electron chi connectivity index (χ3n) is 5.19. The molecule has 0 N–H and O–H groups in total. The number of benzene rings is 3. The second-order valence-electron chi connectivity index (χ2n) is 7.19. The van der Waals surface area contributed by atoms with Crippen molar-refractivity contribution >= 4 is 28.1 Å². The third-order valence-corrected chi connectivity index (χ3v) is 5.19. The fraction of sp³-hybridized carbons (Fsp3) is 0.0800. The van der Waals surface area contributed by atoms with E-state index < -0.39 is 0 Å². The lowest BCUT2D eigenvalue weighted by Crippen LogP contribution is -2.20. The average Bonchev–Trinajstić information content (AvgIpc) is 3.23. The zero-order valence-electron chi connectivity index (χ0n) is 17.1. The predicted octanol–water partition coefficient (Wildman–Crippen LogP) is 5.01. The lowest BCUT2D eigenvalue weighted by Gasteiger charge is -2.08. The summed E-state index contributed by atoms with van der Waals surface area (Å²) in [6.45, 7) is 1.96. The first-order valence-electron chi connectivity index (χ1n) is 9.84. The zero-order valence-corrected chi connectivity index (χ0v) is 17.1. The van der Waals surface area contributed by atoms with E-state index in [-0.39, 0.29) is 5.56 Å². The summed E-state index contributed by atoms with van der Waals surface area (Å²) >= 11 is 0. The highest BCUT2D eigenvalue weighted by Crippen LogP contribution is 2.27. The van der Waals surface area contributed by atoms with Crippen LogP contribution in [-0.2, 0) is 0 Å². The fourth-order valence-corrected chi connectivity index (χ4v) is 3.52. The predicted molar refractivity (Wildman–Crippen MR) is 122 cm³/mol. The summed E-state index contributed by atoms with van der Waals surface area (Å²) in [5, 5.41) is 5.93. The van der Waals surface area contributed by atoms with Gasteiger partial charge in [-0.1, -0.05) is 30.3 Å². The molecule has 0 atom stereocenters. The van der Waals surface area contributed by atoms with Crippen molar-refractivity contribution in [2.45, 2.75) is 6.92 Å². The average molecular weight is 409 g/mol. The van der Waals surface area contributed by atoms with Crippen LogP contribution in [0, 0.1) is 6.92 Å². The third kappa shape index (κ3) is 3.38. The minimum atomic E-state index is -0.261. The van der Waals surface area contributed by atoms with Crippen molar-refractivity contribution in [1.29, 1.82) is 0 Å². The number of rotatable bonds is 4. The smallest absolute Gasteiger partial charge is 0.282 e. The zero-order chi connectivity index (χ0) is 21.4. The number of methoxy groups -OCH3 is 1. The Labute approximate surface area is 178 Å². The molecule has 6 nitrogen and oxygen atoms in total. The molecule has 5 rings (SSSR count). The Morgan fingerprint density at radius 1 is 1.03 bits per heavy atom. The molecule has 0 fully saturated rings. The van der Waals surface area contributed by atoms with Gasteiger partial charge in [0.1, 0.15) is 11.3 Å². The molecule has 0 unspecified atom stereocenters. The van der Waals surface area contributed by atoms with Crippen LogP contribution in [0.15, 0.2) is 87.1 Å². The number of aromatic nitrogens is 2. The molecule has 0 spiro atoms. The van der Waals surface area contributed by atoms with Crippen LogP contribution in [0.3, 0.4) is 0 Å². The Kier molecular flexibility index (Phi) is 4.59. The van der Waals surface area contributed by atoms with E-state index in [2.05, 4.69) is 5.10 Å². The number of ether oxygens (including phenoxy) is 1. The van der Waals surface area contributed by atoms with Gasteiger partial charge in [-0.05, 0) is 60.5 Å². The molecule has 0 saturated carbocycles. The number of nitrogens with zero attached hydrogens (tertiary/aromatic N) is 3. The maximum atomic E-state index is 13.3. The lowest BCUT2D eigenvalue weighted by molar-refractivity contribution is 0.414. The summed E-state index contributed by atoms with van der Waals surface area (Å²) in [5.41, 5.74) is 2.91. The summed E-state index contributed by atoms with van der Waals surface area (Å²) < 4.78 is 12.6. The fourth-order valence-electron chi connectivity index (χ4n) is 3.52. The highest BCUT2D eigenvalue weighted by atomic mass is 16.5. The standard InChI is InChI=1S/C25H19N3O3/c1-16-13-19(30-2)12-11-18(16)15-26-28-24(23-14-17-7-3-6-10-22(17)31-23)27-21-9-5-4-8-20(21)25(28)29/h3-15H,1-2H3. The molecule has 0 saturated heterocycles. The van der Waals surface area contributed by atoms with Gasteiger partial charge < -0.3 is 9.15 Å². The topological polar surface area (TPSA) is 69.6 Å². The van der Waals surface area contributed by atoms with Gasteiger partial charge in [0, 0.05) is 5.39 Å². The Morgan fingerprint density at radius 2 is 1.84 bits per heavy atom. The molecule has 5 aromatic rings. The Morgan fingerprint density at radius 3 is 2.65 bits per heavy atom. The summed E-state index contributed by atoms with van der Waals surface area (Å²) in [5.74, 6) is 1.59. The molecule has 0 aliphatic rings. The van der Waals surface area contributed by atoms with Gasteiger partial charge >= 0.3 is 0 Å². The summed E-state index contributed by atoms with van der Waals surface area (Å²) in [7, 11) is 1.63. The van der Waals surface area contributed by atoms with Gasteiger partial charge in [0.25, 0.3) is 5.56 Å². The quantitative estimate of drug-likeness (QED) is 0.391. The van der Waals surface area contributed by atoms with Gasteiger partial charge in [-0.25, -0.2) is 4.98 Å². The molecule has 6 heteroatoms. The number of furan rings is 1. The van der Waals surface area contributed by atoms with Crippen LogP contribution in [0.2, 0.25) is 0 Å². The number of aryl methyl sites for hydroxylation is 1. The first-order chi connectivity index (χ1) is 15.1. The Hall–Kier alpha value is -4.19.